The van der Waals surface area contributed by atoms with Crippen LogP contribution in [0.3, 0.4) is 0 Å². The number of amides is 1. The number of nitrogens with zero attached hydrogens (tertiary/aromatic N) is 1. The highest BCUT2D eigenvalue weighted by Crippen LogP contribution is 2.08. The number of rotatable bonds is 5. The number of carbonyl (C=O) groups excluding carboxylic acids is 2. The van der Waals surface area contributed by atoms with Gasteiger partial charge in [-0.05, 0) is 33.6 Å². The van der Waals surface area contributed by atoms with Gasteiger partial charge in [0.1, 0.15) is 12.2 Å². The van der Waals surface area contributed by atoms with Gasteiger partial charge in [0.15, 0.2) is 0 Å². The molecule has 0 aliphatic carbocycles. The second kappa shape index (κ2) is 7.33. The van der Waals surface area contributed by atoms with E-state index < -0.39 is 5.60 Å². The van der Waals surface area contributed by atoms with Crippen molar-refractivity contribution in [3.05, 3.63) is 0 Å². The van der Waals surface area contributed by atoms with Crippen molar-refractivity contribution in [2.45, 2.75) is 39.2 Å². The van der Waals surface area contributed by atoms with Crippen LogP contribution in [0, 0.1) is 0 Å². The molecule has 0 aromatic heterocycles. The molecule has 1 amide bonds. The number of esters is 1. The monoisotopic (exact) mass is 272 g/mol. The maximum Gasteiger partial charge on any atom is 0.409 e. The third-order valence-corrected chi connectivity index (χ3v) is 2.56. The molecule has 0 bridgehead atoms. The van der Waals surface area contributed by atoms with Gasteiger partial charge < -0.3 is 19.7 Å². The first-order chi connectivity index (χ1) is 8.88. The molecule has 1 rings (SSSR count). The van der Waals surface area contributed by atoms with E-state index in [-0.39, 0.29) is 25.2 Å². The Balaban J connectivity index is 2.01. The lowest BCUT2D eigenvalue weighted by Crippen LogP contribution is -2.34. The van der Waals surface area contributed by atoms with Crippen LogP contribution in [-0.4, -0.2) is 55.3 Å². The molecule has 0 aromatic rings. The molecule has 0 aromatic carbocycles. The van der Waals surface area contributed by atoms with Gasteiger partial charge in [-0.3, -0.25) is 4.79 Å². The van der Waals surface area contributed by atoms with Gasteiger partial charge in [0.25, 0.3) is 0 Å². The van der Waals surface area contributed by atoms with Gasteiger partial charge >= 0.3 is 12.1 Å². The third kappa shape index (κ3) is 7.00. The van der Waals surface area contributed by atoms with Crippen LogP contribution in [0.4, 0.5) is 4.79 Å². The number of hydrogen-bond donors (Lipinski definition) is 1. The summed E-state index contributed by atoms with van der Waals surface area (Å²) in [4.78, 5) is 24.6. The second-order valence-electron chi connectivity index (χ2n) is 5.57. The molecular formula is C13H24N2O4. The fourth-order valence-corrected chi connectivity index (χ4v) is 1.77. The minimum Gasteiger partial charge on any atom is -0.459 e. The van der Waals surface area contributed by atoms with E-state index >= 15 is 0 Å². The molecule has 1 heterocycles. The molecule has 0 radical (unpaired) electrons. The van der Waals surface area contributed by atoms with Gasteiger partial charge in [-0.1, -0.05) is 0 Å². The Labute approximate surface area is 114 Å². The standard InChI is InChI=1S/C13H24N2O4/c1-13(2,3)19-11(16)10-14-6-9-18-12(17)15-7-4-5-8-15/h14H,4-10H2,1-3H3. The summed E-state index contributed by atoms with van der Waals surface area (Å²) in [5, 5.41) is 2.88. The largest absolute Gasteiger partial charge is 0.459 e. The maximum atomic E-state index is 11.5. The lowest BCUT2D eigenvalue weighted by Gasteiger charge is -2.19. The summed E-state index contributed by atoms with van der Waals surface area (Å²) >= 11 is 0. The molecule has 0 saturated carbocycles. The Morgan fingerprint density at radius 2 is 1.84 bits per heavy atom. The van der Waals surface area contributed by atoms with Crippen LogP contribution in [-0.2, 0) is 14.3 Å². The Bertz CT molecular complexity index is 306. The van der Waals surface area contributed by atoms with Crippen LogP contribution in [0.5, 0.6) is 0 Å². The first kappa shape index (κ1) is 15.8. The zero-order chi connectivity index (χ0) is 14.3. The molecule has 0 spiro atoms. The van der Waals surface area contributed by atoms with Gasteiger partial charge in [0.2, 0.25) is 0 Å². The summed E-state index contributed by atoms with van der Waals surface area (Å²) in [5.74, 6) is -0.307. The topological polar surface area (TPSA) is 67.9 Å². The molecule has 6 nitrogen and oxygen atoms in total. The van der Waals surface area contributed by atoms with Crippen LogP contribution in [0.1, 0.15) is 33.6 Å². The summed E-state index contributed by atoms with van der Waals surface area (Å²) in [5.41, 5.74) is -0.471. The van der Waals surface area contributed by atoms with E-state index in [1.807, 2.05) is 20.8 Å². The Kier molecular flexibility index (Phi) is 6.08. The fraction of sp³-hybridized carbons (Fsp3) is 0.846. The minimum absolute atomic E-state index is 0.124. The molecule has 6 heteroatoms. The van der Waals surface area contributed by atoms with E-state index in [9.17, 15) is 9.59 Å². The van der Waals surface area contributed by atoms with Crippen molar-refractivity contribution in [2.75, 3.05) is 32.8 Å². The fourth-order valence-electron chi connectivity index (χ4n) is 1.77. The highest BCUT2D eigenvalue weighted by Gasteiger charge is 2.19. The van der Waals surface area contributed by atoms with Gasteiger partial charge in [-0.2, -0.15) is 0 Å². The summed E-state index contributed by atoms with van der Waals surface area (Å²) in [7, 11) is 0. The zero-order valence-corrected chi connectivity index (χ0v) is 12.0. The molecule has 19 heavy (non-hydrogen) atoms. The third-order valence-electron chi connectivity index (χ3n) is 2.56. The van der Waals surface area contributed by atoms with Gasteiger partial charge in [0, 0.05) is 19.6 Å². The van der Waals surface area contributed by atoms with Gasteiger partial charge in [-0.25, -0.2) is 4.79 Å². The zero-order valence-electron chi connectivity index (χ0n) is 12.0. The summed E-state index contributed by atoms with van der Waals surface area (Å²) in [6, 6.07) is 0. The van der Waals surface area contributed by atoms with Crippen molar-refractivity contribution in [1.82, 2.24) is 10.2 Å². The summed E-state index contributed by atoms with van der Waals surface area (Å²) in [6.07, 6.45) is 1.83. The lowest BCUT2D eigenvalue weighted by molar-refractivity contribution is -0.153. The maximum absolute atomic E-state index is 11.5. The predicted octanol–water partition coefficient (Wildman–Crippen LogP) is 1.15. The van der Waals surface area contributed by atoms with Crippen LogP contribution >= 0.6 is 0 Å². The van der Waals surface area contributed by atoms with Crippen LogP contribution in [0.25, 0.3) is 0 Å². The first-order valence-corrected chi connectivity index (χ1v) is 6.73. The van der Waals surface area contributed by atoms with Crippen LogP contribution < -0.4 is 5.32 Å². The van der Waals surface area contributed by atoms with Crippen LogP contribution in [0.2, 0.25) is 0 Å². The lowest BCUT2D eigenvalue weighted by atomic mass is 10.2. The van der Waals surface area contributed by atoms with Crippen molar-refractivity contribution in [3.63, 3.8) is 0 Å². The first-order valence-electron chi connectivity index (χ1n) is 6.73. The summed E-state index contributed by atoms with van der Waals surface area (Å²) < 4.78 is 10.2. The average molecular weight is 272 g/mol. The Hall–Kier alpha value is -1.30. The van der Waals surface area contributed by atoms with Crippen molar-refractivity contribution in [3.8, 4) is 0 Å². The predicted molar refractivity (Wildman–Crippen MR) is 70.9 cm³/mol. The molecule has 1 aliphatic heterocycles. The molecule has 0 atom stereocenters. The van der Waals surface area contributed by atoms with E-state index in [2.05, 4.69) is 5.32 Å². The highest BCUT2D eigenvalue weighted by molar-refractivity contribution is 5.72. The van der Waals surface area contributed by atoms with E-state index in [0.717, 1.165) is 25.9 Å². The van der Waals surface area contributed by atoms with E-state index in [1.165, 1.54) is 0 Å². The van der Waals surface area contributed by atoms with E-state index in [4.69, 9.17) is 9.47 Å². The smallest absolute Gasteiger partial charge is 0.409 e. The van der Waals surface area contributed by atoms with E-state index in [1.54, 1.807) is 4.90 Å². The number of likely N-dealkylation sites (tertiary alicyclic amines) is 1. The summed E-state index contributed by atoms with van der Waals surface area (Å²) in [6.45, 7) is 7.86. The van der Waals surface area contributed by atoms with Gasteiger partial charge in [-0.15, -0.1) is 0 Å². The van der Waals surface area contributed by atoms with Crippen molar-refractivity contribution < 1.29 is 19.1 Å². The Morgan fingerprint density at radius 3 is 2.42 bits per heavy atom. The SMILES string of the molecule is CC(C)(C)OC(=O)CNCCOC(=O)N1CCCC1. The molecular weight excluding hydrogens is 248 g/mol. The average Bonchev–Trinajstić information content (AvgIpc) is 2.79. The minimum atomic E-state index is -0.471. The number of carbonyl (C=O) groups is 2. The Morgan fingerprint density at radius 1 is 1.21 bits per heavy atom. The highest BCUT2D eigenvalue weighted by atomic mass is 16.6. The quantitative estimate of drug-likeness (QED) is 0.600. The van der Waals surface area contributed by atoms with Crippen molar-refractivity contribution >= 4 is 12.1 Å². The van der Waals surface area contributed by atoms with Crippen molar-refractivity contribution in [2.24, 2.45) is 0 Å². The second-order valence-corrected chi connectivity index (χ2v) is 5.57. The molecule has 1 N–H and O–H groups in total. The van der Waals surface area contributed by atoms with E-state index in [0.29, 0.717) is 6.54 Å². The normalized spacial score (nSPS) is 15.4. The molecule has 1 saturated heterocycles. The molecule has 0 unspecified atom stereocenters. The molecule has 1 fully saturated rings. The molecule has 110 valence electrons. The number of ether oxygens (including phenoxy) is 2. The number of nitrogens with one attached hydrogen (secondary N) is 1. The van der Waals surface area contributed by atoms with Crippen molar-refractivity contribution in [1.29, 1.82) is 0 Å². The van der Waals surface area contributed by atoms with Gasteiger partial charge in [0.05, 0.1) is 6.54 Å². The molecule has 1 aliphatic rings. The number of hydrogen-bond acceptors (Lipinski definition) is 5. The van der Waals surface area contributed by atoms with Crippen LogP contribution in [0.15, 0.2) is 0 Å².